The third-order valence-electron chi connectivity index (χ3n) is 5.08. The number of hydrogen-bond donors (Lipinski definition) is 0. The van der Waals surface area contributed by atoms with E-state index in [9.17, 15) is 4.79 Å². The second-order valence-electron chi connectivity index (χ2n) is 7.80. The van der Waals surface area contributed by atoms with Crippen LogP contribution in [0.2, 0.25) is 0 Å². The van der Waals surface area contributed by atoms with E-state index in [1.807, 2.05) is 61.5 Å². The van der Waals surface area contributed by atoms with Crippen LogP contribution in [0.25, 0.3) is 12.2 Å². The van der Waals surface area contributed by atoms with E-state index in [1.54, 1.807) is 12.2 Å². The maximum atomic E-state index is 12.1. The van der Waals surface area contributed by atoms with Crippen LogP contribution in [0, 0.1) is 6.92 Å². The molecule has 1 aliphatic heterocycles. The van der Waals surface area contributed by atoms with Gasteiger partial charge in [-0.3, -0.25) is 0 Å². The van der Waals surface area contributed by atoms with Crippen molar-refractivity contribution in [2.45, 2.75) is 52.4 Å². The summed E-state index contributed by atoms with van der Waals surface area (Å²) in [6, 6.07) is 15.8. The molecule has 0 spiro atoms. The Balaban J connectivity index is 1.51. The number of ether oxygens (including phenoxy) is 2. The standard InChI is InChI=1S/C27H31NO3/c1-3-4-5-6-7-8-19-30-24-16-13-23(14-17-24)20-25-27(29)31-26(28-25)18-15-22-11-9-21(2)10-12-22/h9-18,20H,3-8,19H2,1-2H3. The number of unbranched alkanes of at least 4 members (excludes halogenated alkanes) is 5. The first-order valence-corrected chi connectivity index (χ1v) is 11.1. The van der Waals surface area contributed by atoms with Gasteiger partial charge >= 0.3 is 5.97 Å². The molecule has 4 nitrogen and oxygen atoms in total. The third-order valence-corrected chi connectivity index (χ3v) is 5.08. The second-order valence-corrected chi connectivity index (χ2v) is 7.80. The molecule has 0 aliphatic carbocycles. The van der Waals surface area contributed by atoms with Gasteiger partial charge in [-0.2, -0.15) is 0 Å². The van der Waals surface area contributed by atoms with E-state index in [0.29, 0.717) is 11.6 Å². The molecule has 0 unspecified atom stereocenters. The maximum Gasteiger partial charge on any atom is 0.363 e. The summed E-state index contributed by atoms with van der Waals surface area (Å²) in [6.07, 6.45) is 12.8. The van der Waals surface area contributed by atoms with E-state index < -0.39 is 5.97 Å². The van der Waals surface area contributed by atoms with Crippen molar-refractivity contribution in [3.05, 3.63) is 77.0 Å². The van der Waals surface area contributed by atoms with Gasteiger partial charge in [-0.05, 0) is 48.8 Å². The summed E-state index contributed by atoms with van der Waals surface area (Å²) >= 11 is 0. The van der Waals surface area contributed by atoms with Crippen molar-refractivity contribution in [2.24, 2.45) is 4.99 Å². The largest absolute Gasteiger partial charge is 0.494 e. The molecule has 0 saturated carbocycles. The highest BCUT2D eigenvalue weighted by molar-refractivity contribution is 6.11. The van der Waals surface area contributed by atoms with Crippen LogP contribution >= 0.6 is 0 Å². The minimum absolute atomic E-state index is 0.296. The molecule has 0 bridgehead atoms. The molecule has 0 N–H and O–H groups in total. The molecule has 0 radical (unpaired) electrons. The fourth-order valence-corrected chi connectivity index (χ4v) is 3.23. The first-order chi connectivity index (χ1) is 15.1. The van der Waals surface area contributed by atoms with Crippen molar-refractivity contribution in [1.29, 1.82) is 0 Å². The third kappa shape index (κ3) is 7.56. The molecule has 0 aromatic heterocycles. The summed E-state index contributed by atoms with van der Waals surface area (Å²) in [7, 11) is 0. The predicted octanol–water partition coefficient (Wildman–Crippen LogP) is 6.74. The molecular weight excluding hydrogens is 386 g/mol. The molecule has 0 amide bonds. The molecule has 0 fully saturated rings. The Labute approximate surface area is 185 Å². The summed E-state index contributed by atoms with van der Waals surface area (Å²) in [4.78, 5) is 16.4. The van der Waals surface area contributed by atoms with Gasteiger partial charge in [0.05, 0.1) is 6.61 Å². The molecule has 3 rings (SSSR count). The van der Waals surface area contributed by atoms with Gasteiger partial charge in [0.25, 0.3) is 0 Å². The molecule has 0 atom stereocenters. The Morgan fingerprint density at radius 2 is 1.55 bits per heavy atom. The number of benzene rings is 2. The van der Waals surface area contributed by atoms with Crippen molar-refractivity contribution in [1.82, 2.24) is 0 Å². The van der Waals surface area contributed by atoms with Crippen LogP contribution in [0.4, 0.5) is 0 Å². The Morgan fingerprint density at radius 3 is 2.29 bits per heavy atom. The van der Waals surface area contributed by atoms with E-state index in [1.165, 1.54) is 37.7 Å². The number of aliphatic imine (C=N–C) groups is 1. The quantitative estimate of drug-likeness (QED) is 0.231. The fraction of sp³-hybridized carbons (Fsp3) is 0.333. The zero-order chi connectivity index (χ0) is 21.9. The predicted molar refractivity (Wildman–Crippen MR) is 127 cm³/mol. The van der Waals surface area contributed by atoms with Gasteiger partial charge in [0.2, 0.25) is 5.90 Å². The van der Waals surface area contributed by atoms with E-state index in [0.717, 1.165) is 29.9 Å². The van der Waals surface area contributed by atoms with Gasteiger partial charge in [-0.25, -0.2) is 9.79 Å². The summed E-state index contributed by atoms with van der Waals surface area (Å²) < 4.78 is 11.1. The number of aryl methyl sites for hydroxylation is 1. The number of esters is 1. The molecule has 1 aliphatic rings. The summed E-state index contributed by atoms with van der Waals surface area (Å²) in [5, 5.41) is 0. The lowest BCUT2D eigenvalue weighted by Gasteiger charge is -2.06. The zero-order valence-corrected chi connectivity index (χ0v) is 18.5. The molecule has 1 heterocycles. The zero-order valence-electron chi connectivity index (χ0n) is 18.5. The van der Waals surface area contributed by atoms with Crippen molar-refractivity contribution >= 4 is 24.0 Å². The number of carbonyl (C=O) groups is 1. The monoisotopic (exact) mass is 417 g/mol. The lowest BCUT2D eigenvalue weighted by Crippen LogP contribution is -2.01. The summed E-state index contributed by atoms with van der Waals surface area (Å²) in [5.41, 5.74) is 3.40. The Kier molecular flexibility index (Phi) is 8.65. The average Bonchev–Trinajstić information content (AvgIpc) is 3.13. The Morgan fingerprint density at radius 1 is 0.871 bits per heavy atom. The second kappa shape index (κ2) is 11.9. The van der Waals surface area contributed by atoms with Gasteiger partial charge in [0.15, 0.2) is 5.70 Å². The van der Waals surface area contributed by atoms with Crippen LogP contribution in [0.1, 0.15) is 62.1 Å². The fourth-order valence-electron chi connectivity index (χ4n) is 3.23. The number of cyclic esters (lactones) is 1. The van der Waals surface area contributed by atoms with E-state index in [4.69, 9.17) is 9.47 Å². The van der Waals surface area contributed by atoms with Crippen molar-refractivity contribution in [3.63, 3.8) is 0 Å². The number of rotatable bonds is 11. The van der Waals surface area contributed by atoms with Crippen molar-refractivity contribution in [2.75, 3.05) is 6.61 Å². The number of carbonyl (C=O) groups excluding carboxylic acids is 1. The van der Waals surface area contributed by atoms with Crippen LogP contribution in [0.3, 0.4) is 0 Å². The summed E-state index contributed by atoms with van der Waals surface area (Å²) in [6.45, 7) is 5.01. The molecular formula is C27H31NO3. The molecule has 2 aromatic rings. The lowest BCUT2D eigenvalue weighted by molar-refractivity contribution is -0.129. The first kappa shape index (κ1) is 22.5. The van der Waals surface area contributed by atoms with Crippen molar-refractivity contribution < 1.29 is 14.3 Å². The Hall–Kier alpha value is -3.14. The Bertz CT molecular complexity index is 937. The van der Waals surface area contributed by atoms with Crippen LogP contribution in [0.5, 0.6) is 5.75 Å². The highest BCUT2D eigenvalue weighted by Crippen LogP contribution is 2.19. The molecule has 162 valence electrons. The van der Waals surface area contributed by atoms with Crippen LogP contribution in [0.15, 0.2) is 65.3 Å². The highest BCUT2D eigenvalue weighted by atomic mass is 16.6. The van der Waals surface area contributed by atoms with Gasteiger partial charge in [0, 0.05) is 6.08 Å². The number of hydrogen-bond acceptors (Lipinski definition) is 4. The minimum Gasteiger partial charge on any atom is -0.494 e. The highest BCUT2D eigenvalue weighted by Gasteiger charge is 2.21. The van der Waals surface area contributed by atoms with Crippen LogP contribution in [-0.2, 0) is 9.53 Å². The van der Waals surface area contributed by atoms with Gasteiger partial charge in [0.1, 0.15) is 5.75 Å². The van der Waals surface area contributed by atoms with Crippen molar-refractivity contribution in [3.8, 4) is 5.75 Å². The van der Waals surface area contributed by atoms with E-state index in [-0.39, 0.29) is 0 Å². The average molecular weight is 418 g/mol. The molecule has 4 heteroatoms. The van der Waals surface area contributed by atoms with E-state index >= 15 is 0 Å². The molecule has 0 saturated heterocycles. The summed E-state index contributed by atoms with van der Waals surface area (Å²) in [5.74, 6) is 0.706. The lowest BCUT2D eigenvalue weighted by atomic mass is 10.1. The van der Waals surface area contributed by atoms with Crippen LogP contribution in [-0.4, -0.2) is 18.5 Å². The van der Waals surface area contributed by atoms with Crippen LogP contribution < -0.4 is 4.74 Å². The maximum absolute atomic E-state index is 12.1. The minimum atomic E-state index is -0.438. The normalized spacial score (nSPS) is 14.8. The number of nitrogens with zero attached hydrogens (tertiary/aromatic N) is 1. The van der Waals surface area contributed by atoms with Gasteiger partial charge in [-0.15, -0.1) is 0 Å². The van der Waals surface area contributed by atoms with Gasteiger partial charge in [-0.1, -0.05) is 81.0 Å². The smallest absolute Gasteiger partial charge is 0.363 e. The van der Waals surface area contributed by atoms with E-state index in [2.05, 4.69) is 11.9 Å². The molecule has 31 heavy (non-hydrogen) atoms. The van der Waals surface area contributed by atoms with Gasteiger partial charge < -0.3 is 9.47 Å². The topological polar surface area (TPSA) is 47.9 Å². The SMILES string of the molecule is CCCCCCCCOc1ccc(C=C2N=C(C=Cc3ccc(C)cc3)OC2=O)cc1. The molecule has 2 aromatic carbocycles. The first-order valence-electron chi connectivity index (χ1n) is 11.1.